The molecule has 0 unspecified atom stereocenters. The van der Waals surface area contributed by atoms with Gasteiger partial charge >= 0.3 is 0 Å². The van der Waals surface area contributed by atoms with Crippen molar-refractivity contribution in [2.45, 2.75) is 13.3 Å². The van der Waals surface area contributed by atoms with Gasteiger partial charge in [-0.05, 0) is 19.1 Å². The fourth-order valence-electron chi connectivity index (χ4n) is 2.19. The molecule has 4 heteroatoms. The van der Waals surface area contributed by atoms with Crippen LogP contribution in [0.1, 0.15) is 11.5 Å². The minimum absolute atomic E-state index is 0.113. The lowest BCUT2D eigenvalue weighted by Crippen LogP contribution is -2.02. The van der Waals surface area contributed by atoms with Crippen molar-refractivity contribution in [1.82, 2.24) is 9.55 Å². The Morgan fingerprint density at radius 1 is 1.39 bits per heavy atom. The van der Waals surface area contributed by atoms with Crippen molar-refractivity contribution in [3.63, 3.8) is 0 Å². The normalized spacial score (nSPS) is 10.7. The summed E-state index contributed by atoms with van der Waals surface area (Å²) in [6.45, 7) is 2.09. The summed E-state index contributed by atoms with van der Waals surface area (Å²) >= 11 is 0. The quantitative estimate of drug-likeness (QED) is 0.896. The van der Waals surface area contributed by atoms with E-state index in [9.17, 15) is 0 Å². The maximum atomic E-state index is 9.02. The second-order valence-corrected chi connectivity index (χ2v) is 4.23. The molecule has 1 N–H and O–H groups in total. The largest absolute Gasteiger partial charge is 0.497 e. The Kier molecular flexibility index (Phi) is 3.67. The fourth-order valence-corrected chi connectivity index (χ4v) is 2.19. The summed E-state index contributed by atoms with van der Waals surface area (Å²) in [7, 11) is 3.63. The molecule has 1 aromatic heterocycles. The van der Waals surface area contributed by atoms with Crippen LogP contribution in [0.2, 0.25) is 0 Å². The number of benzene rings is 1. The van der Waals surface area contributed by atoms with Crippen LogP contribution in [-0.4, -0.2) is 28.4 Å². The molecular weight excluding hydrogens is 228 g/mol. The summed E-state index contributed by atoms with van der Waals surface area (Å²) in [6, 6.07) is 7.91. The lowest BCUT2D eigenvalue weighted by molar-refractivity contribution is 0.295. The summed E-state index contributed by atoms with van der Waals surface area (Å²) in [5, 5.41) is 9.02. The van der Waals surface area contributed by atoms with E-state index in [0.717, 1.165) is 28.5 Å². The Labute approximate surface area is 107 Å². The molecule has 96 valence electrons. The number of hydrogen-bond acceptors (Lipinski definition) is 3. The summed E-state index contributed by atoms with van der Waals surface area (Å²) in [5.41, 5.74) is 3.11. The van der Waals surface area contributed by atoms with E-state index in [1.807, 2.05) is 42.8 Å². The van der Waals surface area contributed by atoms with E-state index in [-0.39, 0.29) is 6.61 Å². The van der Waals surface area contributed by atoms with Crippen molar-refractivity contribution in [3.05, 3.63) is 35.8 Å². The lowest BCUT2D eigenvalue weighted by Gasteiger charge is -2.08. The zero-order valence-corrected chi connectivity index (χ0v) is 11.0. The maximum Gasteiger partial charge on any atom is 0.119 e. The molecule has 18 heavy (non-hydrogen) atoms. The molecule has 1 heterocycles. The number of methoxy groups -OCH3 is 1. The van der Waals surface area contributed by atoms with Gasteiger partial charge in [0, 0.05) is 19.0 Å². The van der Waals surface area contributed by atoms with E-state index in [2.05, 4.69) is 4.98 Å². The molecule has 0 saturated carbocycles. The van der Waals surface area contributed by atoms with Crippen LogP contribution in [-0.2, 0) is 13.5 Å². The predicted octanol–water partition coefficient (Wildman–Crippen LogP) is 1.94. The van der Waals surface area contributed by atoms with Crippen LogP contribution in [0.5, 0.6) is 5.75 Å². The third-order valence-corrected chi connectivity index (χ3v) is 3.04. The monoisotopic (exact) mass is 246 g/mol. The number of aryl methyl sites for hydroxylation is 1. The van der Waals surface area contributed by atoms with Gasteiger partial charge in [-0.1, -0.05) is 12.1 Å². The van der Waals surface area contributed by atoms with E-state index >= 15 is 0 Å². The van der Waals surface area contributed by atoms with Gasteiger partial charge in [0.25, 0.3) is 0 Å². The zero-order chi connectivity index (χ0) is 13.1. The minimum Gasteiger partial charge on any atom is -0.497 e. The molecule has 0 saturated heterocycles. The van der Waals surface area contributed by atoms with E-state index in [1.54, 1.807) is 7.11 Å². The van der Waals surface area contributed by atoms with Crippen molar-refractivity contribution in [2.75, 3.05) is 13.7 Å². The number of ether oxygens (including phenoxy) is 1. The Hall–Kier alpha value is -1.81. The predicted molar refractivity (Wildman–Crippen MR) is 70.7 cm³/mol. The molecule has 0 bridgehead atoms. The van der Waals surface area contributed by atoms with Gasteiger partial charge in [-0.3, -0.25) is 0 Å². The topological polar surface area (TPSA) is 47.3 Å². The van der Waals surface area contributed by atoms with Gasteiger partial charge in [0.15, 0.2) is 0 Å². The third-order valence-electron chi connectivity index (χ3n) is 3.04. The molecule has 2 rings (SSSR count). The number of aliphatic hydroxyl groups is 1. The summed E-state index contributed by atoms with van der Waals surface area (Å²) in [5.74, 6) is 1.73. The number of aromatic nitrogens is 2. The standard InChI is InChI=1S/C14H18N2O2/c1-10-14(16(2)13(15-10)7-8-17)11-5-4-6-12(9-11)18-3/h4-6,9,17H,7-8H2,1-3H3. The molecule has 2 aromatic rings. The number of imidazole rings is 1. The highest BCUT2D eigenvalue weighted by atomic mass is 16.5. The number of hydrogen-bond donors (Lipinski definition) is 1. The molecule has 4 nitrogen and oxygen atoms in total. The number of aliphatic hydroxyl groups excluding tert-OH is 1. The average Bonchev–Trinajstić information content (AvgIpc) is 2.65. The smallest absolute Gasteiger partial charge is 0.119 e. The van der Waals surface area contributed by atoms with E-state index < -0.39 is 0 Å². The van der Waals surface area contributed by atoms with Crippen molar-refractivity contribution < 1.29 is 9.84 Å². The van der Waals surface area contributed by atoms with Crippen LogP contribution in [0.3, 0.4) is 0 Å². The van der Waals surface area contributed by atoms with Gasteiger partial charge < -0.3 is 14.4 Å². The highest BCUT2D eigenvalue weighted by molar-refractivity contribution is 5.64. The van der Waals surface area contributed by atoms with Gasteiger partial charge in [0.2, 0.25) is 0 Å². The van der Waals surface area contributed by atoms with Crippen LogP contribution in [0.4, 0.5) is 0 Å². The first-order valence-electron chi connectivity index (χ1n) is 5.95. The lowest BCUT2D eigenvalue weighted by atomic mass is 10.1. The van der Waals surface area contributed by atoms with Crippen LogP contribution < -0.4 is 4.74 Å². The first-order chi connectivity index (χ1) is 8.67. The highest BCUT2D eigenvalue weighted by Gasteiger charge is 2.13. The zero-order valence-electron chi connectivity index (χ0n) is 11.0. The Balaban J connectivity index is 2.49. The summed E-state index contributed by atoms with van der Waals surface area (Å²) < 4.78 is 7.27. The molecule has 1 aromatic carbocycles. The first kappa shape index (κ1) is 12.6. The van der Waals surface area contributed by atoms with Crippen LogP contribution in [0, 0.1) is 6.92 Å². The molecular formula is C14H18N2O2. The fraction of sp³-hybridized carbons (Fsp3) is 0.357. The SMILES string of the molecule is COc1cccc(-c2c(C)nc(CCO)n2C)c1. The Morgan fingerprint density at radius 2 is 2.17 bits per heavy atom. The molecule has 0 fully saturated rings. The Morgan fingerprint density at radius 3 is 2.83 bits per heavy atom. The third kappa shape index (κ3) is 2.24. The van der Waals surface area contributed by atoms with E-state index in [4.69, 9.17) is 9.84 Å². The molecule has 0 aliphatic rings. The van der Waals surface area contributed by atoms with Gasteiger partial charge in [0.05, 0.1) is 25.1 Å². The van der Waals surface area contributed by atoms with Gasteiger partial charge in [-0.2, -0.15) is 0 Å². The van der Waals surface area contributed by atoms with Gasteiger partial charge in [-0.25, -0.2) is 4.98 Å². The maximum absolute atomic E-state index is 9.02. The first-order valence-corrected chi connectivity index (χ1v) is 5.95. The van der Waals surface area contributed by atoms with Crippen LogP contribution in [0.15, 0.2) is 24.3 Å². The number of rotatable bonds is 4. The van der Waals surface area contributed by atoms with Crippen molar-refractivity contribution in [3.8, 4) is 17.0 Å². The van der Waals surface area contributed by atoms with E-state index in [1.165, 1.54) is 0 Å². The molecule has 0 aliphatic heterocycles. The summed E-state index contributed by atoms with van der Waals surface area (Å²) in [4.78, 5) is 4.49. The second-order valence-electron chi connectivity index (χ2n) is 4.23. The van der Waals surface area contributed by atoms with Crippen molar-refractivity contribution in [2.24, 2.45) is 7.05 Å². The van der Waals surface area contributed by atoms with Crippen molar-refractivity contribution >= 4 is 0 Å². The highest BCUT2D eigenvalue weighted by Crippen LogP contribution is 2.27. The number of nitrogens with zero attached hydrogens (tertiary/aromatic N) is 2. The molecule has 0 amide bonds. The molecule has 0 radical (unpaired) electrons. The minimum atomic E-state index is 0.113. The molecule has 0 aliphatic carbocycles. The van der Waals surface area contributed by atoms with Gasteiger partial charge in [-0.15, -0.1) is 0 Å². The molecule has 0 atom stereocenters. The summed E-state index contributed by atoms with van der Waals surface area (Å²) in [6.07, 6.45) is 0.571. The van der Waals surface area contributed by atoms with Crippen LogP contribution in [0.25, 0.3) is 11.3 Å². The Bertz CT molecular complexity index is 547. The second kappa shape index (κ2) is 5.23. The average molecular weight is 246 g/mol. The van der Waals surface area contributed by atoms with E-state index in [0.29, 0.717) is 6.42 Å². The van der Waals surface area contributed by atoms with Crippen molar-refractivity contribution in [1.29, 1.82) is 0 Å². The van der Waals surface area contributed by atoms with Crippen LogP contribution >= 0.6 is 0 Å². The molecule has 0 spiro atoms. The van der Waals surface area contributed by atoms with Gasteiger partial charge in [0.1, 0.15) is 11.6 Å².